The summed E-state index contributed by atoms with van der Waals surface area (Å²) >= 11 is 6.80. The van der Waals surface area contributed by atoms with Crippen LogP contribution in [0.1, 0.15) is 56.4 Å². The molecule has 10 nitrogen and oxygen atoms in total. The minimum atomic E-state index is -0.484. The Morgan fingerprint density at radius 2 is 2.02 bits per heavy atom. The first-order chi connectivity index (χ1) is 22.0. The number of benzene rings is 1. The number of aromatic nitrogens is 1. The van der Waals surface area contributed by atoms with E-state index in [2.05, 4.69) is 42.4 Å². The summed E-state index contributed by atoms with van der Waals surface area (Å²) in [5.41, 5.74) is 1.92. The highest BCUT2D eigenvalue weighted by atomic mass is 35.5. The van der Waals surface area contributed by atoms with Crippen LogP contribution in [0, 0.1) is 16.4 Å². The number of nitrogens with one attached hydrogen (secondary N) is 2. The molecule has 45 heavy (non-hydrogen) atoms. The number of aliphatic imine (C=N–C) groups is 1. The number of likely N-dealkylation sites (N-methyl/N-ethyl adjacent to an activating group) is 1. The van der Waals surface area contributed by atoms with Gasteiger partial charge in [-0.3, -0.25) is 9.88 Å². The molecule has 0 spiro atoms. The zero-order valence-electron chi connectivity index (χ0n) is 26.1. The van der Waals surface area contributed by atoms with Crippen LogP contribution in [0.25, 0.3) is 12.0 Å². The lowest BCUT2D eigenvalue weighted by atomic mass is 9.95. The largest absolute Gasteiger partial charge is 0.380 e. The van der Waals surface area contributed by atoms with Gasteiger partial charge in [0, 0.05) is 47.4 Å². The van der Waals surface area contributed by atoms with Crippen LogP contribution in [-0.4, -0.2) is 92.9 Å². The van der Waals surface area contributed by atoms with Crippen LogP contribution >= 0.6 is 11.6 Å². The maximum absolute atomic E-state index is 17.1. The summed E-state index contributed by atoms with van der Waals surface area (Å²) in [6.45, 7) is 8.24. The highest BCUT2D eigenvalue weighted by molar-refractivity contribution is 6.31. The third-order valence-electron chi connectivity index (χ3n) is 10.4. The fourth-order valence-electron chi connectivity index (χ4n) is 7.92. The number of pyridine rings is 1. The van der Waals surface area contributed by atoms with Crippen LogP contribution in [0.5, 0.6) is 0 Å². The lowest BCUT2D eigenvalue weighted by Gasteiger charge is -2.38. The fourth-order valence-corrected chi connectivity index (χ4v) is 8.28. The van der Waals surface area contributed by atoms with Crippen LogP contribution in [0.2, 0.25) is 5.02 Å². The second-order valence-corrected chi connectivity index (χ2v) is 13.3. The molecule has 240 valence electrons. The van der Waals surface area contributed by atoms with E-state index in [0.717, 1.165) is 56.0 Å². The summed E-state index contributed by atoms with van der Waals surface area (Å²) in [7, 11) is 3.66. The van der Waals surface area contributed by atoms with Gasteiger partial charge in [-0.15, -0.1) is 0 Å². The van der Waals surface area contributed by atoms with Crippen LogP contribution in [0.15, 0.2) is 27.5 Å². The molecule has 2 unspecified atom stereocenters. The van der Waals surface area contributed by atoms with Gasteiger partial charge in [0.05, 0.1) is 41.5 Å². The van der Waals surface area contributed by atoms with E-state index in [0.29, 0.717) is 46.7 Å². The first-order valence-corrected chi connectivity index (χ1v) is 16.5. The number of azo groups is 1. The summed E-state index contributed by atoms with van der Waals surface area (Å²) in [4.78, 5) is 13.9. The predicted octanol–water partition coefficient (Wildman–Crippen LogP) is 3.96. The Labute approximate surface area is 267 Å². The molecule has 1 saturated carbocycles. The average Bonchev–Trinajstić information content (AvgIpc) is 3.43. The lowest BCUT2D eigenvalue weighted by Crippen LogP contribution is -2.53. The molecule has 2 N–H and O–H groups in total. The molecule has 1 aromatic carbocycles. The van der Waals surface area contributed by atoms with Gasteiger partial charge in [0.1, 0.15) is 17.9 Å². The highest BCUT2D eigenvalue weighted by Gasteiger charge is 2.44. The van der Waals surface area contributed by atoms with Crippen molar-refractivity contribution in [1.29, 1.82) is 0 Å². The SMILES string of the molecule is C=N/C(=c1/cn/c(=c2\c(C3CC3)c(Cl)cc3c2=CN=N3)c(F)c1NCOCC12CCCN1CCC2)N1CCC(OC)C(NC)C1. The number of rotatable bonds is 10. The van der Waals surface area contributed by atoms with E-state index in [9.17, 15) is 0 Å². The van der Waals surface area contributed by atoms with Crippen molar-refractivity contribution in [2.45, 2.75) is 68.5 Å². The quantitative estimate of drug-likeness (QED) is 0.231. The van der Waals surface area contributed by atoms with E-state index in [1.165, 1.54) is 12.8 Å². The zero-order chi connectivity index (χ0) is 31.1. The topological polar surface area (TPSA) is 99.0 Å². The molecule has 4 fully saturated rings. The molecule has 12 heteroatoms. The normalized spacial score (nSPS) is 25.2. The second kappa shape index (κ2) is 12.7. The molecule has 2 atom stereocenters. The standard InChI is InChI=1S/C33H42ClFN8O2/c1-36-25-17-42(13-8-26(25)44-3)32(37-2)22-15-38-31(28-21-16-40-41-24(21)14-23(34)27(28)20-6-7-20)29(35)30(22)39-19-45-18-33-9-4-11-43(33)12-5-10-33/h14-16,20,25-26,36,39H,2,4-13,17-19H2,1,3H3/b31-28-,32-22+. The van der Waals surface area contributed by atoms with Gasteiger partial charge in [-0.1, -0.05) is 11.6 Å². The van der Waals surface area contributed by atoms with Gasteiger partial charge in [-0.2, -0.15) is 10.2 Å². The first-order valence-electron chi connectivity index (χ1n) is 16.1. The van der Waals surface area contributed by atoms with E-state index >= 15 is 4.39 Å². The number of methoxy groups -OCH3 is 1. The van der Waals surface area contributed by atoms with E-state index < -0.39 is 5.82 Å². The number of nitrogens with zero attached hydrogens (tertiary/aromatic N) is 6. The fraction of sp³-hybridized carbons (Fsp3) is 0.576. The predicted molar refractivity (Wildman–Crippen MR) is 174 cm³/mol. The minimum absolute atomic E-state index is 0.0727. The average molecular weight is 637 g/mol. The van der Waals surface area contributed by atoms with Crippen molar-refractivity contribution < 1.29 is 13.9 Å². The summed E-state index contributed by atoms with van der Waals surface area (Å²) in [5.74, 6) is 0.337. The number of hydrogen-bond acceptors (Lipinski definition) is 10. The third kappa shape index (κ3) is 5.56. The molecule has 0 bridgehead atoms. The van der Waals surface area contributed by atoms with E-state index in [4.69, 9.17) is 26.1 Å². The molecule has 7 rings (SSSR count). The van der Waals surface area contributed by atoms with Crippen molar-refractivity contribution >= 4 is 41.7 Å². The number of ether oxygens (including phenoxy) is 2. The minimum Gasteiger partial charge on any atom is -0.380 e. The van der Waals surface area contributed by atoms with Crippen molar-refractivity contribution in [3.8, 4) is 0 Å². The van der Waals surface area contributed by atoms with Gasteiger partial charge in [0.15, 0.2) is 5.82 Å². The molecule has 0 amide bonds. The molecule has 5 aliphatic rings. The maximum atomic E-state index is 17.1. The number of likely N-dealkylation sites (tertiary alicyclic amines) is 1. The zero-order valence-corrected chi connectivity index (χ0v) is 26.9. The van der Waals surface area contributed by atoms with Crippen molar-refractivity contribution in [2.24, 2.45) is 15.2 Å². The van der Waals surface area contributed by atoms with Crippen LogP contribution in [0.3, 0.4) is 0 Å². The number of anilines is 1. The highest BCUT2D eigenvalue weighted by Crippen LogP contribution is 2.44. The molecule has 1 aromatic heterocycles. The van der Waals surface area contributed by atoms with Crippen molar-refractivity contribution in [2.75, 3.05) is 59.0 Å². The smallest absolute Gasteiger partial charge is 0.173 e. The van der Waals surface area contributed by atoms with E-state index in [-0.39, 0.29) is 41.4 Å². The van der Waals surface area contributed by atoms with Crippen molar-refractivity contribution in [3.63, 3.8) is 0 Å². The van der Waals surface area contributed by atoms with Gasteiger partial charge in [-0.05, 0) is 89.3 Å². The lowest BCUT2D eigenvalue weighted by molar-refractivity contribution is 0.0284. The van der Waals surface area contributed by atoms with Gasteiger partial charge in [0.25, 0.3) is 0 Å². The van der Waals surface area contributed by atoms with Gasteiger partial charge in [-0.25, -0.2) is 9.38 Å². The molecule has 5 heterocycles. The molecular formula is C33H42ClFN8O2. The Morgan fingerprint density at radius 3 is 2.73 bits per heavy atom. The Balaban J connectivity index is 1.35. The first kappa shape index (κ1) is 30.7. The van der Waals surface area contributed by atoms with Gasteiger partial charge in [0.2, 0.25) is 0 Å². The second-order valence-electron chi connectivity index (χ2n) is 12.9. The van der Waals surface area contributed by atoms with Crippen LogP contribution in [-0.2, 0) is 9.47 Å². The molecular weight excluding hydrogens is 595 g/mol. The van der Waals surface area contributed by atoms with Crippen molar-refractivity contribution in [3.05, 3.63) is 49.7 Å². The number of fused-ring (bicyclic) bond motifs is 2. The molecule has 2 aromatic rings. The summed E-state index contributed by atoms with van der Waals surface area (Å²) in [5, 5.41) is 17.8. The molecule has 4 aliphatic heterocycles. The maximum Gasteiger partial charge on any atom is 0.173 e. The van der Waals surface area contributed by atoms with Crippen LogP contribution < -0.4 is 21.1 Å². The summed E-state index contributed by atoms with van der Waals surface area (Å²) < 4.78 is 29.1. The third-order valence-corrected chi connectivity index (χ3v) is 10.7. The monoisotopic (exact) mass is 636 g/mol. The van der Waals surface area contributed by atoms with Gasteiger partial charge >= 0.3 is 0 Å². The van der Waals surface area contributed by atoms with E-state index in [1.807, 2.05) is 13.1 Å². The Kier molecular flexibility index (Phi) is 8.64. The van der Waals surface area contributed by atoms with E-state index in [1.54, 1.807) is 19.5 Å². The Morgan fingerprint density at radius 1 is 1.22 bits per heavy atom. The number of halogens is 2. The Hall–Kier alpha value is -2.96. The Bertz CT molecular complexity index is 1720. The van der Waals surface area contributed by atoms with Crippen LogP contribution in [0.4, 0.5) is 15.8 Å². The number of piperidine rings is 1. The molecule has 3 saturated heterocycles. The van der Waals surface area contributed by atoms with Crippen molar-refractivity contribution in [1.82, 2.24) is 20.1 Å². The summed E-state index contributed by atoms with van der Waals surface area (Å²) in [6, 6.07) is 1.90. The number of hydrogen-bond donors (Lipinski definition) is 2. The van der Waals surface area contributed by atoms with Gasteiger partial charge < -0.3 is 25.0 Å². The molecule has 1 aliphatic carbocycles. The summed E-state index contributed by atoms with van der Waals surface area (Å²) in [6.07, 6.45) is 10.9. The molecule has 0 radical (unpaired) electrons.